The van der Waals surface area contributed by atoms with Crippen LogP contribution in [0.15, 0.2) is 66.7 Å². The number of aromatic amines is 1. The van der Waals surface area contributed by atoms with Crippen LogP contribution in [0.4, 0.5) is 0 Å². The highest BCUT2D eigenvalue weighted by atomic mass is 31.0. The summed E-state index contributed by atoms with van der Waals surface area (Å²) in [6.07, 6.45) is 1.70. The maximum atomic E-state index is 4.06. The average Bonchev–Trinajstić information content (AvgIpc) is 3.08. The lowest BCUT2D eigenvalue weighted by molar-refractivity contribution is 1.34. The molecule has 18 heavy (non-hydrogen) atoms. The van der Waals surface area contributed by atoms with Crippen LogP contribution < -0.4 is 0 Å². The van der Waals surface area contributed by atoms with Gasteiger partial charge in [0.25, 0.3) is 0 Å². The Hall–Kier alpha value is -2.05. The number of H-pyrrole nitrogens is 1. The summed E-state index contributed by atoms with van der Waals surface area (Å²) in [4.78, 5) is 7.07. The summed E-state index contributed by atoms with van der Waals surface area (Å²) in [6, 6.07) is 18.7. The van der Waals surface area contributed by atoms with Gasteiger partial charge in [0.15, 0.2) is 0 Å². The number of hydrogen-bond donors (Lipinski definition) is 1. The number of aromatic nitrogens is 2. The van der Waals surface area contributed by atoms with Gasteiger partial charge in [-0.05, 0) is 28.4 Å². The molecule has 0 saturated carbocycles. The first-order valence-corrected chi connectivity index (χ1v) is 6.91. The largest absolute Gasteiger partial charge is 0.345 e. The molecule has 0 aliphatic rings. The standard InChI is InChI=1S/C8H7P.C7H6N2/c1-2-4-8-7(3-1)5-6-9-8;1-2-4-7-6(3-1)8-5-9-7/h1-6,9H;1-5H,(H,8,9). The van der Waals surface area contributed by atoms with Crippen molar-refractivity contribution in [3.8, 4) is 0 Å². The second-order valence-corrected chi connectivity index (χ2v) is 5.15. The number of para-hydroxylation sites is 2. The number of benzene rings is 2. The molecule has 1 atom stereocenters. The van der Waals surface area contributed by atoms with E-state index in [0.717, 1.165) is 19.2 Å². The lowest BCUT2D eigenvalue weighted by Gasteiger charge is -1.83. The Labute approximate surface area is 107 Å². The van der Waals surface area contributed by atoms with Gasteiger partial charge in [0, 0.05) is 0 Å². The van der Waals surface area contributed by atoms with E-state index in [9.17, 15) is 0 Å². The van der Waals surface area contributed by atoms with Gasteiger partial charge in [0.1, 0.15) is 0 Å². The number of rotatable bonds is 0. The Bertz CT molecular complexity index is 628. The van der Waals surface area contributed by atoms with E-state index in [1.54, 1.807) is 6.33 Å². The first kappa shape index (κ1) is 11.1. The fraction of sp³-hybridized carbons (Fsp3) is 0. The summed E-state index contributed by atoms with van der Waals surface area (Å²) >= 11 is 0. The first-order valence-electron chi connectivity index (χ1n) is 5.84. The summed E-state index contributed by atoms with van der Waals surface area (Å²) in [7, 11) is 0.899. The minimum Gasteiger partial charge on any atom is -0.345 e. The molecule has 0 saturated heterocycles. The van der Waals surface area contributed by atoms with Crippen LogP contribution in [0, 0.1) is 0 Å². The Kier molecular flexibility index (Phi) is 3.12. The van der Waals surface area contributed by atoms with Gasteiger partial charge in [-0.2, -0.15) is 0 Å². The normalized spacial score (nSPS) is 10.7. The molecule has 4 rings (SSSR count). The maximum absolute atomic E-state index is 4.06. The zero-order chi connectivity index (χ0) is 12.2. The molecule has 0 fully saturated rings. The van der Waals surface area contributed by atoms with Crippen molar-refractivity contribution in [3.63, 3.8) is 0 Å². The molecule has 1 unspecified atom stereocenters. The monoisotopic (exact) mass is 252 g/mol. The zero-order valence-corrected chi connectivity index (χ0v) is 10.8. The number of fused-ring (bicyclic) bond motifs is 2. The molecule has 0 aliphatic heterocycles. The van der Waals surface area contributed by atoms with Crippen LogP contribution in [0.3, 0.4) is 0 Å². The van der Waals surface area contributed by atoms with Gasteiger partial charge in [0.05, 0.1) is 17.4 Å². The van der Waals surface area contributed by atoms with Crippen LogP contribution >= 0.6 is 8.19 Å². The maximum Gasteiger partial charge on any atom is 0.0931 e. The molecule has 2 heterocycles. The van der Waals surface area contributed by atoms with Crippen molar-refractivity contribution in [2.45, 2.75) is 0 Å². The van der Waals surface area contributed by atoms with Gasteiger partial charge in [-0.3, -0.25) is 0 Å². The number of imidazole rings is 1. The van der Waals surface area contributed by atoms with Gasteiger partial charge in [0.2, 0.25) is 0 Å². The molecule has 2 aromatic carbocycles. The summed E-state index contributed by atoms with van der Waals surface area (Å²) in [5, 5.41) is 2.88. The predicted octanol–water partition coefficient (Wildman–Crippen LogP) is 4.43. The van der Waals surface area contributed by atoms with Crippen molar-refractivity contribution < 1.29 is 0 Å². The SMILES string of the molecule is c1ccc2[nH]cnc2c1.c1ccc2[pH]ccc2c1. The molecule has 1 N–H and O–H groups in total. The number of hydrogen-bond acceptors (Lipinski definition) is 1. The number of nitrogens with zero attached hydrogens (tertiary/aromatic N) is 1. The van der Waals surface area contributed by atoms with E-state index in [1.807, 2.05) is 24.3 Å². The summed E-state index contributed by atoms with van der Waals surface area (Å²) in [6.45, 7) is 0. The van der Waals surface area contributed by atoms with Gasteiger partial charge in [-0.25, -0.2) is 4.98 Å². The fourth-order valence-electron chi connectivity index (χ4n) is 1.87. The van der Waals surface area contributed by atoms with E-state index in [4.69, 9.17) is 0 Å². The van der Waals surface area contributed by atoms with E-state index in [2.05, 4.69) is 46.1 Å². The Morgan fingerprint density at radius 1 is 0.889 bits per heavy atom. The molecule has 2 aromatic heterocycles. The van der Waals surface area contributed by atoms with Crippen LogP contribution in [-0.2, 0) is 0 Å². The Morgan fingerprint density at radius 2 is 1.72 bits per heavy atom. The van der Waals surface area contributed by atoms with E-state index in [1.165, 1.54) is 10.5 Å². The topological polar surface area (TPSA) is 28.7 Å². The van der Waals surface area contributed by atoms with Crippen LogP contribution in [0.5, 0.6) is 0 Å². The molecule has 0 bridgehead atoms. The van der Waals surface area contributed by atoms with Gasteiger partial charge >= 0.3 is 0 Å². The summed E-state index contributed by atoms with van der Waals surface area (Å²) in [5.41, 5.74) is 2.12. The second-order valence-electron chi connectivity index (χ2n) is 3.98. The zero-order valence-electron chi connectivity index (χ0n) is 9.80. The molecule has 0 spiro atoms. The molecule has 0 radical (unpaired) electrons. The third-order valence-corrected chi connectivity index (χ3v) is 3.89. The van der Waals surface area contributed by atoms with Crippen molar-refractivity contribution in [2.24, 2.45) is 0 Å². The highest BCUT2D eigenvalue weighted by Crippen LogP contribution is 2.23. The van der Waals surface area contributed by atoms with Crippen LogP contribution in [0.2, 0.25) is 0 Å². The minimum absolute atomic E-state index is 0.899. The molecule has 3 heteroatoms. The molecule has 0 amide bonds. The van der Waals surface area contributed by atoms with Gasteiger partial charge < -0.3 is 4.98 Å². The third kappa shape index (κ3) is 2.29. The van der Waals surface area contributed by atoms with Crippen molar-refractivity contribution in [2.75, 3.05) is 0 Å². The Balaban J connectivity index is 0.000000111. The van der Waals surface area contributed by atoms with E-state index < -0.39 is 0 Å². The predicted molar refractivity (Wildman–Crippen MR) is 79.5 cm³/mol. The lowest BCUT2D eigenvalue weighted by Crippen LogP contribution is -1.63. The molecule has 88 valence electrons. The smallest absolute Gasteiger partial charge is 0.0931 e. The van der Waals surface area contributed by atoms with Crippen molar-refractivity contribution >= 4 is 29.7 Å². The highest BCUT2D eigenvalue weighted by molar-refractivity contribution is 7.36. The molecule has 4 aromatic rings. The van der Waals surface area contributed by atoms with Gasteiger partial charge in [-0.15, -0.1) is 8.19 Å². The van der Waals surface area contributed by atoms with Gasteiger partial charge in [-0.1, -0.05) is 42.5 Å². The van der Waals surface area contributed by atoms with E-state index in [0.29, 0.717) is 0 Å². The minimum atomic E-state index is 0.899. The number of nitrogens with one attached hydrogen (secondary N) is 1. The van der Waals surface area contributed by atoms with Crippen molar-refractivity contribution in [1.29, 1.82) is 0 Å². The molecule has 2 nitrogen and oxygen atoms in total. The quantitative estimate of drug-likeness (QED) is 0.492. The summed E-state index contributed by atoms with van der Waals surface area (Å²) < 4.78 is 0. The van der Waals surface area contributed by atoms with Crippen LogP contribution in [0.1, 0.15) is 0 Å². The average molecular weight is 252 g/mol. The van der Waals surface area contributed by atoms with Crippen molar-refractivity contribution in [3.05, 3.63) is 66.7 Å². The molecular weight excluding hydrogens is 239 g/mol. The third-order valence-electron chi connectivity index (χ3n) is 2.79. The summed E-state index contributed by atoms with van der Waals surface area (Å²) in [5.74, 6) is 2.23. The first-order chi connectivity index (χ1) is 8.93. The lowest BCUT2D eigenvalue weighted by atomic mass is 10.3. The van der Waals surface area contributed by atoms with Crippen LogP contribution in [-0.4, -0.2) is 9.97 Å². The second kappa shape index (κ2) is 5.07. The fourth-order valence-corrected chi connectivity index (χ4v) is 2.84. The molecular formula is C15H13N2P. The Morgan fingerprint density at radius 3 is 2.61 bits per heavy atom. The van der Waals surface area contributed by atoms with Crippen molar-refractivity contribution in [1.82, 2.24) is 9.97 Å². The van der Waals surface area contributed by atoms with Crippen LogP contribution in [0.25, 0.3) is 21.5 Å². The van der Waals surface area contributed by atoms with E-state index in [-0.39, 0.29) is 0 Å². The highest BCUT2D eigenvalue weighted by Gasteiger charge is 1.88. The van der Waals surface area contributed by atoms with E-state index >= 15 is 0 Å². The molecule has 0 aliphatic carbocycles.